The van der Waals surface area contributed by atoms with Crippen LogP contribution in [-0.2, 0) is 0 Å². The van der Waals surface area contributed by atoms with E-state index in [2.05, 4.69) is 127 Å². The number of hydrogen-bond donors (Lipinski definition) is 0. The van der Waals surface area contributed by atoms with Crippen LogP contribution in [-0.4, -0.2) is 29.6 Å². The summed E-state index contributed by atoms with van der Waals surface area (Å²) < 4.78 is 5.59. The van der Waals surface area contributed by atoms with Gasteiger partial charge in [-0.1, -0.05) is 119 Å². The first-order chi connectivity index (χ1) is 13.7. The maximum atomic E-state index is 5.59. The Morgan fingerprint density at radius 1 is 0.806 bits per heavy atom. The maximum Gasteiger partial charge on any atom is 1.00 e. The molecule has 2 rings (SSSR count). The zero-order chi connectivity index (χ0) is 22.8. The molecule has 0 aliphatic carbocycles. The van der Waals surface area contributed by atoms with E-state index in [1.165, 1.54) is 19.4 Å². The van der Waals surface area contributed by atoms with Crippen LogP contribution in [0.15, 0.2) is 70.1 Å². The molecular weight excluding hydrogens is 439 g/mol. The average molecular weight is 480 g/mol. The predicted octanol–water partition coefficient (Wildman–Crippen LogP) is 5.97. The summed E-state index contributed by atoms with van der Waals surface area (Å²) in [5.74, 6) is 0. The van der Waals surface area contributed by atoms with Crippen LogP contribution < -0.4 is 24.2 Å². The Morgan fingerprint density at radius 2 is 1.26 bits per heavy atom. The second-order valence-electron chi connectivity index (χ2n) is 11.1. The summed E-state index contributed by atoms with van der Waals surface area (Å²) in [6.45, 7) is 24.4. The Kier molecular flexibility index (Phi) is 10.1. The van der Waals surface area contributed by atoms with Gasteiger partial charge < -0.3 is 13.0 Å². The molecule has 1 nitrogen and oxygen atoms in total. The molecule has 6 heteroatoms. The fourth-order valence-corrected chi connectivity index (χ4v) is 18.1. The molecule has 0 unspecified atom stereocenters. The van der Waals surface area contributed by atoms with Gasteiger partial charge in [0.2, 0.25) is 0 Å². The van der Waals surface area contributed by atoms with Gasteiger partial charge in [-0.25, -0.2) is 0 Å². The number of hydrogen-bond acceptors (Lipinski definition) is 1. The molecule has 2 aromatic rings. The fraction of sp³-hybridized carbons (Fsp3) is 0.440. The molecule has 0 aliphatic rings. The second-order valence-corrected chi connectivity index (χ2v) is 26.2. The number of nitrogens with zero attached hydrogens (tertiary/aromatic N) is 1. The standard InChI is InChI=1S/C25H40NP2Si2.Li/c1-25(2,3)30(9,10)23(21-17-13-11-14-18-21)24(27-22-19-15-12-16-20-22)28(4,5)26-29(6,7)8;/h11-20H,1-10H3;/q-1;+1/b24-23+;. The minimum absolute atomic E-state index is 0. The van der Waals surface area contributed by atoms with Gasteiger partial charge in [0.15, 0.2) is 8.24 Å². The van der Waals surface area contributed by atoms with E-state index in [1.54, 1.807) is 10.3 Å². The minimum atomic E-state index is -1.82. The summed E-state index contributed by atoms with van der Waals surface area (Å²) >= 11 is 0. The molecule has 0 bridgehead atoms. The molecule has 0 aliphatic heterocycles. The van der Waals surface area contributed by atoms with Crippen molar-refractivity contribution in [1.82, 2.24) is 0 Å². The van der Waals surface area contributed by atoms with Crippen molar-refractivity contribution in [3.8, 4) is 0 Å². The van der Waals surface area contributed by atoms with E-state index in [0.717, 1.165) is 0 Å². The number of rotatable bonds is 6. The van der Waals surface area contributed by atoms with E-state index in [9.17, 15) is 0 Å². The topological polar surface area (TPSA) is 12.4 Å². The SMILES string of the molecule is CC(C)(C)[Si](C)(C)/C(=C(\[P-]c1ccccc1)P(C)(C)=N[Si](C)(C)C)c1ccccc1.[Li+]. The van der Waals surface area contributed by atoms with Gasteiger partial charge in [0.25, 0.3) is 0 Å². The Balaban J connectivity index is 0.00000480. The van der Waals surface area contributed by atoms with Gasteiger partial charge in [-0.15, -0.1) is 0 Å². The summed E-state index contributed by atoms with van der Waals surface area (Å²) in [6, 6.07) is 22.1. The normalized spacial score (nSPS) is 14.3. The van der Waals surface area contributed by atoms with Crippen molar-refractivity contribution in [2.75, 3.05) is 13.3 Å². The largest absolute Gasteiger partial charge is 1.00 e. The molecule has 0 radical (unpaired) electrons. The molecule has 0 amide bonds. The smallest absolute Gasteiger partial charge is 0.470 e. The van der Waals surface area contributed by atoms with Crippen LogP contribution in [0.3, 0.4) is 0 Å². The molecule has 0 fully saturated rings. The van der Waals surface area contributed by atoms with Crippen LogP contribution in [0.1, 0.15) is 26.3 Å². The van der Waals surface area contributed by atoms with E-state index in [4.69, 9.17) is 4.41 Å². The maximum absolute atomic E-state index is 5.59. The van der Waals surface area contributed by atoms with Crippen LogP contribution in [0.4, 0.5) is 0 Å². The third-order valence-corrected chi connectivity index (χ3v) is 20.2. The van der Waals surface area contributed by atoms with E-state index in [-0.39, 0.29) is 23.9 Å². The molecule has 0 aromatic heterocycles. The summed E-state index contributed by atoms with van der Waals surface area (Å²) in [4.78, 5) is 0. The summed E-state index contributed by atoms with van der Waals surface area (Å²) in [5, 5.41) is 4.85. The third-order valence-electron chi connectivity index (χ3n) is 5.85. The minimum Gasteiger partial charge on any atom is -0.470 e. The molecule has 0 N–H and O–H groups in total. The molecule has 31 heavy (non-hydrogen) atoms. The molecular formula is C25H40LiNP2Si2. The van der Waals surface area contributed by atoms with Crippen LogP contribution in [0.2, 0.25) is 37.8 Å². The predicted molar refractivity (Wildman–Crippen MR) is 148 cm³/mol. The van der Waals surface area contributed by atoms with Crippen molar-refractivity contribution in [1.29, 1.82) is 0 Å². The van der Waals surface area contributed by atoms with E-state index in [0.29, 0.717) is 0 Å². The van der Waals surface area contributed by atoms with Crippen LogP contribution >= 0.6 is 15.6 Å². The third kappa shape index (κ3) is 7.71. The number of benzene rings is 2. The first-order valence-electron chi connectivity index (χ1n) is 10.8. The average Bonchev–Trinajstić information content (AvgIpc) is 2.60. The van der Waals surface area contributed by atoms with Gasteiger partial charge in [-0.2, -0.15) is 10.4 Å². The Morgan fingerprint density at radius 3 is 1.68 bits per heavy atom. The Bertz CT molecular complexity index is 935. The quantitative estimate of drug-likeness (QED) is 0.357. The summed E-state index contributed by atoms with van der Waals surface area (Å²) in [7, 11) is -3.70. The molecule has 164 valence electrons. The molecule has 0 spiro atoms. The zero-order valence-corrected chi connectivity index (χ0v) is 25.4. The van der Waals surface area contributed by atoms with Gasteiger partial charge in [-0.3, -0.25) is 0 Å². The van der Waals surface area contributed by atoms with Crippen molar-refractivity contribution < 1.29 is 18.9 Å². The second kappa shape index (κ2) is 10.9. The first kappa shape index (κ1) is 28.9. The Hall–Kier alpha value is -0.129. The van der Waals surface area contributed by atoms with Gasteiger partial charge >= 0.3 is 18.9 Å². The van der Waals surface area contributed by atoms with Gasteiger partial charge in [0, 0.05) is 0 Å². The molecule has 0 heterocycles. The molecule has 2 aromatic carbocycles. The summed E-state index contributed by atoms with van der Waals surface area (Å²) in [6.07, 6.45) is 0. The first-order valence-corrected chi connectivity index (χ1v) is 20.8. The van der Waals surface area contributed by atoms with Crippen LogP contribution in [0.25, 0.3) is 5.20 Å². The van der Waals surface area contributed by atoms with Gasteiger partial charge in [0.05, 0.1) is 8.07 Å². The zero-order valence-electron chi connectivity index (χ0n) is 21.6. The monoisotopic (exact) mass is 479 g/mol. The van der Waals surface area contributed by atoms with E-state index < -0.39 is 23.4 Å². The molecule has 0 atom stereocenters. The molecule has 0 saturated heterocycles. The van der Waals surface area contributed by atoms with Crippen molar-refractivity contribution in [3.63, 3.8) is 0 Å². The van der Waals surface area contributed by atoms with Gasteiger partial charge in [0.1, 0.15) is 0 Å². The van der Waals surface area contributed by atoms with Gasteiger partial charge in [-0.05, 0) is 31.0 Å². The Labute approximate surface area is 208 Å². The van der Waals surface area contributed by atoms with Crippen molar-refractivity contribution in [2.45, 2.75) is 58.5 Å². The van der Waals surface area contributed by atoms with E-state index >= 15 is 0 Å². The van der Waals surface area contributed by atoms with Crippen LogP contribution in [0.5, 0.6) is 0 Å². The van der Waals surface area contributed by atoms with Crippen molar-refractivity contribution in [2.24, 2.45) is 4.41 Å². The molecule has 0 saturated carbocycles. The summed E-state index contributed by atoms with van der Waals surface area (Å²) in [5.41, 5.74) is 1.40. The van der Waals surface area contributed by atoms with Crippen molar-refractivity contribution in [3.05, 3.63) is 71.3 Å². The fourth-order valence-electron chi connectivity index (χ4n) is 3.62. The van der Waals surface area contributed by atoms with E-state index in [1.807, 2.05) is 0 Å². The van der Waals surface area contributed by atoms with Crippen LogP contribution in [0, 0.1) is 0 Å². The van der Waals surface area contributed by atoms with Crippen molar-refractivity contribution >= 4 is 42.4 Å².